The molecule has 0 bridgehead atoms. The first-order chi connectivity index (χ1) is 10.2. The third kappa shape index (κ3) is 4.07. The number of amidine groups is 1. The Balaban J connectivity index is 1.94. The number of carbonyl (C=O) groups is 1. The van der Waals surface area contributed by atoms with E-state index in [0.29, 0.717) is 17.7 Å². The van der Waals surface area contributed by atoms with E-state index < -0.39 is 0 Å². The molecule has 0 aliphatic heterocycles. The molecule has 0 aliphatic carbocycles. The third-order valence-electron chi connectivity index (χ3n) is 3.07. The van der Waals surface area contributed by atoms with Gasteiger partial charge in [0.25, 0.3) is 5.91 Å². The SMILES string of the molecule is N/C(=N\O)c1cccc(C(=O)NCCc2ccccc2)c1. The number of benzene rings is 2. The van der Waals surface area contributed by atoms with E-state index in [-0.39, 0.29) is 11.7 Å². The van der Waals surface area contributed by atoms with Gasteiger partial charge in [-0.2, -0.15) is 0 Å². The molecule has 0 atom stereocenters. The van der Waals surface area contributed by atoms with Crippen LogP contribution < -0.4 is 11.1 Å². The van der Waals surface area contributed by atoms with Crippen molar-refractivity contribution in [1.82, 2.24) is 5.32 Å². The van der Waals surface area contributed by atoms with Crippen LogP contribution in [0, 0.1) is 0 Å². The summed E-state index contributed by atoms with van der Waals surface area (Å²) in [6.45, 7) is 0.552. The lowest BCUT2D eigenvalue weighted by Crippen LogP contribution is -2.26. The Morgan fingerprint density at radius 3 is 2.52 bits per heavy atom. The van der Waals surface area contributed by atoms with Gasteiger partial charge in [-0.25, -0.2) is 0 Å². The Morgan fingerprint density at radius 1 is 1.10 bits per heavy atom. The largest absolute Gasteiger partial charge is 0.409 e. The molecule has 2 aromatic rings. The average molecular weight is 283 g/mol. The van der Waals surface area contributed by atoms with Gasteiger partial charge in [0.15, 0.2) is 5.84 Å². The lowest BCUT2D eigenvalue weighted by atomic mass is 10.1. The smallest absolute Gasteiger partial charge is 0.251 e. The second-order valence-corrected chi connectivity index (χ2v) is 4.56. The molecule has 0 spiro atoms. The number of rotatable bonds is 5. The van der Waals surface area contributed by atoms with Crippen LogP contribution in [0.15, 0.2) is 59.8 Å². The lowest BCUT2D eigenvalue weighted by molar-refractivity contribution is 0.0954. The summed E-state index contributed by atoms with van der Waals surface area (Å²) in [6.07, 6.45) is 0.770. The van der Waals surface area contributed by atoms with E-state index in [1.807, 2.05) is 30.3 Å². The van der Waals surface area contributed by atoms with Gasteiger partial charge in [-0.1, -0.05) is 47.6 Å². The fourth-order valence-corrected chi connectivity index (χ4v) is 1.94. The molecule has 0 unspecified atom stereocenters. The Morgan fingerprint density at radius 2 is 1.81 bits per heavy atom. The van der Waals surface area contributed by atoms with Crippen molar-refractivity contribution in [2.24, 2.45) is 10.9 Å². The molecule has 0 heterocycles. The van der Waals surface area contributed by atoms with Gasteiger partial charge in [0.2, 0.25) is 0 Å². The molecule has 2 aromatic carbocycles. The Kier molecular flexibility index (Phi) is 4.93. The monoisotopic (exact) mass is 283 g/mol. The second kappa shape index (κ2) is 7.09. The Hall–Kier alpha value is -2.82. The van der Waals surface area contributed by atoms with Crippen molar-refractivity contribution in [3.8, 4) is 0 Å². The highest BCUT2D eigenvalue weighted by Gasteiger charge is 2.07. The van der Waals surface area contributed by atoms with Crippen LogP contribution in [0.3, 0.4) is 0 Å². The van der Waals surface area contributed by atoms with Gasteiger partial charge >= 0.3 is 0 Å². The van der Waals surface area contributed by atoms with Crippen LogP contribution in [-0.4, -0.2) is 23.5 Å². The van der Waals surface area contributed by atoms with Crippen molar-refractivity contribution in [2.45, 2.75) is 6.42 Å². The zero-order chi connectivity index (χ0) is 15.1. The predicted octanol–water partition coefficient (Wildman–Crippen LogP) is 1.75. The van der Waals surface area contributed by atoms with Crippen LogP contribution in [0.25, 0.3) is 0 Å². The van der Waals surface area contributed by atoms with E-state index in [4.69, 9.17) is 10.9 Å². The van der Waals surface area contributed by atoms with Crippen molar-refractivity contribution in [3.63, 3.8) is 0 Å². The van der Waals surface area contributed by atoms with Crippen LogP contribution in [0.1, 0.15) is 21.5 Å². The molecule has 0 saturated carbocycles. The van der Waals surface area contributed by atoms with E-state index in [9.17, 15) is 4.79 Å². The van der Waals surface area contributed by atoms with Crippen molar-refractivity contribution >= 4 is 11.7 Å². The molecule has 2 rings (SSSR count). The van der Waals surface area contributed by atoms with E-state index in [1.54, 1.807) is 24.3 Å². The minimum absolute atomic E-state index is 0.0195. The van der Waals surface area contributed by atoms with Crippen LogP contribution >= 0.6 is 0 Å². The molecule has 5 nitrogen and oxygen atoms in total. The molecule has 0 saturated heterocycles. The van der Waals surface area contributed by atoms with Gasteiger partial charge in [-0.05, 0) is 24.1 Å². The van der Waals surface area contributed by atoms with Gasteiger partial charge in [0, 0.05) is 17.7 Å². The number of hydrogen-bond donors (Lipinski definition) is 3. The standard InChI is InChI=1S/C16H17N3O2/c17-15(19-21)13-7-4-8-14(11-13)16(20)18-10-9-12-5-2-1-3-6-12/h1-8,11,21H,9-10H2,(H2,17,19)(H,18,20). The first-order valence-electron chi connectivity index (χ1n) is 6.61. The number of hydrogen-bond acceptors (Lipinski definition) is 3. The average Bonchev–Trinajstić information content (AvgIpc) is 2.55. The predicted molar refractivity (Wildman–Crippen MR) is 81.4 cm³/mol. The van der Waals surface area contributed by atoms with Crippen molar-refractivity contribution < 1.29 is 10.0 Å². The molecule has 21 heavy (non-hydrogen) atoms. The summed E-state index contributed by atoms with van der Waals surface area (Å²) >= 11 is 0. The van der Waals surface area contributed by atoms with Gasteiger partial charge in [0.1, 0.15) is 0 Å². The molecule has 0 aromatic heterocycles. The van der Waals surface area contributed by atoms with E-state index >= 15 is 0 Å². The fourth-order valence-electron chi connectivity index (χ4n) is 1.94. The summed E-state index contributed by atoms with van der Waals surface area (Å²) in [5, 5.41) is 14.4. The number of carbonyl (C=O) groups excluding carboxylic acids is 1. The first-order valence-corrected chi connectivity index (χ1v) is 6.61. The molecule has 0 radical (unpaired) electrons. The van der Waals surface area contributed by atoms with Gasteiger partial charge in [-0.3, -0.25) is 4.79 Å². The summed E-state index contributed by atoms with van der Waals surface area (Å²) in [5.41, 5.74) is 7.66. The number of nitrogens with one attached hydrogen (secondary N) is 1. The summed E-state index contributed by atoms with van der Waals surface area (Å²) in [6, 6.07) is 16.6. The van der Waals surface area contributed by atoms with Crippen LogP contribution in [0.5, 0.6) is 0 Å². The highest BCUT2D eigenvalue weighted by Crippen LogP contribution is 2.05. The number of amides is 1. The zero-order valence-corrected chi connectivity index (χ0v) is 11.5. The molecule has 0 fully saturated rings. The molecule has 4 N–H and O–H groups in total. The maximum atomic E-state index is 12.0. The Bertz CT molecular complexity index is 639. The molecule has 0 aliphatic rings. The maximum Gasteiger partial charge on any atom is 0.251 e. The summed E-state index contributed by atoms with van der Waals surface area (Å²) in [7, 11) is 0. The Labute approximate surface area is 123 Å². The number of nitrogens with zero attached hydrogens (tertiary/aromatic N) is 1. The van der Waals surface area contributed by atoms with Crippen molar-refractivity contribution in [3.05, 3.63) is 71.3 Å². The van der Waals surface area contributed by atoms with Crippen LogP contribution in [-0.2, 0) is 6.42 Å². The number of oxime groups is 1. The minimum atomic E-state index is -0.182. The highest BCUT2D eigenvalue weighted by molar-refractivity contribution is 6.01. The lowest BCUT2D eigenvalue weighted by Gasteiger charge is -2.06. The molecule has 108 valence electrons. The topological polar surface area (TPSA) is 87.7 Å². The first kappa shape index (κ1) is 14.6. The summed E-state index contributed by atoms with van der Waals surface area (Å²) in [4.78, 5) is 12.0. The van der Waals surface area contributed by atoms with Crippen LogP contribution in [0.2, 0.25) is 0 Å². The molecular weight excluding hydrogens is 266 g/mol. The van der Waals surface area contributed by atoms with Gasteiger partial charge < -0.3 is 16.3 Å². The van der Waals surface area contributed by atoms with Crippen molar-refractivity contribution in [1.29, 1.82) is 0 Å². The van der Waals surface area contributed by atoms with Crippen molar-refractivity contribution in [2.75, 3.05) is 6.54 Å². The zero-order valence-electron chi connectivity index (χ0n) is 11.5. The van der Waals surface area contributed by atoms with E-state index in [0.717, 1.165) is 6.42 Å². The van der Waals surface area contributed by atoms with Gasteiger partial charge in [-0.15, -0.1) is 0 Å². The van der Waals surface area contributed by atoms with Crippen LogP contribution in [0.4, 0.5) is 0 Å². The van der Waals surface area contributed by atoms with Gasteiger partial charge in [0.05, 0.1) is 0 Å². The van der Waals surface area contributed by atoms with E-state index in [1.165, 1.54) is 5.56 Å². The normalized spacial score (nSPS) is 11.1. The highest BCUT2D eigenvalue weighted by atomic mass is 16.4. The quantitative estimate of drug-likeness (QED) is 0.338. The minimum Gasteiger partial charge on any atom is -0.409 e. The summed E-state index contributed by atoms with van der Waals surface area (Å²) in [5.74, 6) is -0.201. The third-order valence-corrected chi connectivity index (χ3v) is 3.07. The second-order valence-electron chi connectivity index (χ2n) is 4.56. The number of nitrogens with two attached hydrogens (primary N) is 1. The van der Waals surface area contributed by atoms with E-state index in [2.05, 4.69) is 10.5 Å². The maximum absolute atomic E-state index is 12.0. The summed E-state index contributed by atoms with van der Waals surface area (Å²) < 4.78 is 0. The molecule has 1 amide bonds. The fraction of sp³-hybridized carbons (Fsp3) is 0.125. The molecular formula is C16H17N3O2. The molecule has 5 heteroatoms.